The summed E-state index contributed by atoms with van der Waals surface area (Å²) in [5.41, 5.74) is 0.845. The number of alkyl halides is 1. The van der Waals surface area contributed by atoms with Gasteiger partial charge in [-0.1, -0.05) is 6.92 Å². The summed E-state index contributed by atoms with van der Waals surface area (Å²) in [6.07, 6.45) is 1.72. The van der Waals surface area contributed by atoms with Gasteiger partial charge in [-0.15, -0.1) is 11.6 Å². The molecule has 0 bridgehead atoms. The second kappa shape index (κ2) is 6.52. The second-order valence-electron chi connectivity index (χ2n) is 5.73. The highest BCUT2D eigenvalue weighted by Crippen LogP contribution is 2.30. The lowest BCUT2D eigenvalue weighted by molar-refractivity contribution is 0.340. The van der Waals surface area contributed by atoms with E-state index in [1.165, 1.54) is 0 Å². The minimum absolute atomic E-state index is 0.00982. The van der Waals surface area contributed by atoms with Gasteiger partial charge in [0.15, 0.2) is 0 Å². The van der Waals surface area contributed by atoms with Crippen LogP contribution in [0, 0.1) is 0 Å². The smallest absolute Gasteiger partial charge is 0.244 e. The standard InChI is InChI=1S/C14H23ClN2O2S2/c1-10(2)16-9-14(7-13(16)8-15)21(18,19)17-5-6-20-12(4)11(17)3/h7,9-12H,5-6,8H2,1-4H3. The molecule has 2 atom stereocenters. The molecule has 1 aromatic heterocycles. The van der Waals surface area contributed by atoms with Crippen LogP contribution >= 0.6 is 23.4 Å². The van der Waals surface area contributed by atoms with Gasteiger partial charge in [0.05, 0.1) is 5.88 Å². The number of sulfonamides is 1. The fourth-order valence-corrected chi connectivity index (χ4v) is 5.87. The molecule has 0 aromatic carbocycles. The molecule has 1 fully saturated rings. The molecule has 120 valence electrons. The lowest BCUT2D eigenvalue weighted by Gasteiger charge is -2.36. The summed E-state index contributed by atoms with van der Waals surface area (Å²) in [7, 11) is -3.45. The number of rotatable bonds is 4. The average molecular weight is 351 g/mol. The molecular weight excluding hydrogens is 328 g/mol. The van der Waals surface area contributed by atoms with Gasteiger partial charge in [-0.2, -0.15) is 16.1 Å². The topological polar surface area (TPSA) is 42.3 Å². The maximum Gasteiger partial charge on any atom is 0.244 e. The number of hydrogen-bond acceptors (Lipinski definition) is 3. The van der Waals surface area contributed by atoms with Crippen LogP contribution in [-0.2, 0) is 15.9 Å². The van der Waals surface area contributed by atoms with Crippen molar-refractivity contribution >= 4 is 33.4 Å². The summed E-state index contributed by atoms with van der Waals surface area (Å²) in [4.78, 5) is 0.359. The van der Waals surface area contributed by atoms with Crippen molar-refractivity contribution in [1.82, 2.24) is 8.87 Å². The molecule has 0 saturated carbocycles. The quantitative estimate of drug-likeness (QED) is 0.782. The minimum Gasteiger partial charge on any atom is -0.346 e. The zero-order chi connectivity index (χ0) is 15.8. The van der Waals surface area contributed by atoms with Gasteiger partial charge in [-0.3, -0.25) is 0 Å². The molecule has 1 aliphatic heterocycles. The van der Waals surface area contributed by atoms with E-state index in [0.717, 1.165) is 11.4 Å². The van der Waals surface area contributed by atoms with E-state index in [-0.39, 0.29) is 12.1 Å². The molecule has 0 aliphatic carbocycles. The number of halogens is 1. The molecule has 0 radical (unpaired) electrons. The van der Waals surface area contributed by atoms with Crippen LogP contribution in [0.5, 0.6) is 0 Å². The van der Waals surface area contributed by atoms with E-state index < -0.39 is 10.0 Å². The highest BCUT2D eigenvalue weighted by Gasteiger charge is 2.35. The van der Waals surface area contributed by atoms with Crippen molar-refractivity contribution in [2.45, 2.75) is 55.8 Å². The van der Waals surface area contributed by atoms with Crippen LogP contribution in [0.15, 0.2) is 17.2 Å². The molecule has 2 rings (SSSR count). The van der Waals surface area contributed by atoms with E-state index in [2.05, 4.69) is 6.92 Å². The van der Waals surface area contributed by atoms with Crippen molar-refractivity contribution in [2.24, 2.45) is 0 Å². The molecule has 0 amide bonds. The maximum atomic E-state index is 12.9. The molecule has 7 heteroatoms. The van der Waals surface area contributed by atoms with Crippen LogP contribution < -0.4 is 0 Å². The Kier molecular flexibility index (Phi) is 5.34. The third-order valence-corrected chi connectivity index (χ3v) is 7.60. The highest BCUT2D eigenvalue weighted by atomic mass is 35.5. The van der Waals surface area contributed by atoms with Crippen molar-refractivity contribution in [1.29, 1.82) is 0 Å². The zero-order valence-electron chi connectivity index (χ0n) is 12.9. The van der Waals surface area contributed by atoms with Gasteiger partial charge in [-0.25, -0.2) is 8.42 Å². The van der Waals surface area contributed by atoms with Crippen molar-refractivity contribution in [3.8, 4) is 0 Å². The van der Waals surface area contributed by atoms with Crippen LogP contribution in [0.1, 0.15) is 39.4 Å². The Bertz CT molecular complexity index is 598. The molecule has 1 saturated heterocycles. The number of nitrogens with zero attached hydrogens (tertiary/aromatic N) is 2. The number of hydrogen-bond donors (Lipinski definition) is 0. The second-order valence-corrected chi connectivity index (χ2v) is 9.38. The van der Waals surface area contributed by atoms with Crippen LogP contribution in [-0.4, -0.2) is 40.9 Å². The van der Waals surface area contributed by atoms with E-state index in [1.54, 1.807) is 16.6 Å². The zero-order valence-corrected chi connectivity index (χ0v) is 15.3. The van der Waals surface area contributed by atoms with E-state index >= 15 is 0 Å². The normalized spacial score (nSPS) is 24.7. The lowest BCUT2D eigenvalue weighted by atomic mass is 10.2. The van der Waals surface area contributed by atoms with Crippen molar-refractivity contribution in [3.63, 3.8) is 0 Å². The number of thioether (sulfide) groups is 1. The van der Waals surface area contributed by atoms with Gasteiger partial charge < -0.3 is 4.57 Å². The van der Waals surface area contributed by atoms with Crippen molar-refractivity contribution in [3.05, 3.63) is 18.0 Å². The van der Waals surface area contributed by atoms with E-state index in [0.29, 0.717) is 22.6 Å². The lowest BCUT2D eigenvalue weighted by Crippen LogP contribution is -2.47. The highest BCUT2D eigenvalue weighted by molar-refractivity contribution is 8.00. The fourth-order valence-electron chi connectivity index (χ4n) is 2.61. The van der Waals surface area contributed by atoms with E-state index in [4.69, 9.17) is 11.6 Å². The first-order chi connectivity index (χ1) is 9.78. The predicted octanol–water partition coefficient (Wildman–Crippen LogP) is 3.32. The van der Waals surface area contributed by atoms with Crippen LogP contribution in [0.3, 0.4) is 0 Å². The average Bonchev–Trinajstić information content (AvgIpc) is 2.86. The summed E-state index contributed by atoms with van der Waals surface area (Å²) in [5, 5.41) is 0.313. The van der Waals surface area contributed by atoms with Crippen LogP contribution in [0.25, 0.3) is 0 Å². The molecule has 0 N–H and O–H groups in total. The van der Waals surface area contributed by atoms with Gasteiger partial charge in [0, 0.05) is 41.5 Å². The molecular formula is C14H23ClN2O2S2. The Morgan fingerprint density at radius 3 is 2.62 bits per heavy atom. The predicted molar refractivity (Wildman–Crippen MR) is 89.6 cm³/mol. The Morgan fingerprint density at radius 2 is 2.10 bits per heavy atom. The first-order valence-corrected chi connectivity index (χ1v) is 10.2. The van der Waals surface area contributed by atoms with Gasteiger partial charge in [-0.05, 0) is 26.8 Å². The minimum atomic E-state index is -3.45. The number of aromatic nitrogens is 1. The monoisotopic (exact) mass is 350 g/mol. The largest absolute Gasteiger partial charge is 0.346 e. The molecule has 1 aliphatic rings. The van der Waals surface area contributed by atoms with Crippen LogP contribution in [0.4, 0.5) is 0 Å². The maximum absolute atomic E-state index is 12.9. The van der Waals surface area contributed by atoms with Gasteiger partial charge >= 0.3 is 0 Å². The SMILES string of the molecule is CC1SCCN(S(=O)(=O)c2cc(CCl)n(C(C)C)c2)C1C. The summed E-state index contributed by atoms with van der Waals surface area (Å²) < 4.78 is 29.4. The molecule has 21 heavy (non-hydrogen) atoms. The summed E-state index contributed by atoms with van der Waals surface area (Å²) in [6, 6.07) is 1.91. The van der Waals surface area contributed by atoms with Crippen molar-refractivity contribution in [2.75, 3.05) is 12.3 Å². The Balaban J connectivity index is 2.40. The van der Waals surface area contributed by atoms with Gasteiger partial charge in [0.2, 0.25) is 10.0 Å². The third-order valence-electron chi connectivity index (χ3n) is 4.03. The summed E-state index contributed by atoms with van der Waals surface area (Å²) in [5.74, 6) is 1.16. The Labute approximate surface area is 136 Å². The third kappa shape index (κ3) is 3.28. The van der Waals surface area contributed by atoms with Crippen LogP contribution in [0.2, 0.25) is 0 Å². The van der Waals surface area contributed by atoms with Gasteiger partial charge in [0.25, 0.3) is 0 Å². The molecule has 0 spiro atoms. The summed E-state index contributed by atoms with van der Waals surface area (Å²) >= 11 is 7.77. The molecule has 2 unspecified atom stereocenters. The first-order valence-electron chi connectivity index (χ1n) is 7.19. The van der Waals surface area contributed by atoms with E-state index in [1.807, 2.05) is 37.1 Å². The molecule has 4 nitrogen and oxygen atoms in total. The fraction of sp³-hybridized carbons (Fsp3) is 0.714. The Hall–Kier alpha value is -0.170. The Morgan fingerprint density at radius 1 is 1.43 bits per heavy atom. The van der Waals surface area contributed by atoms with Crippen molar-refractivity contribution < 1.29 is 8.42 Å². The molecule has 1 aromatic rings. The molecule has 2 heterocycles. The summed E-state index contributed by atoms with van der Waals surface area (Å²) in [6.45, 7) is 8.68. The first kappa shape index (κ1) is 17.2. The van der Waals surface area contributed by atoms with Gasteiger partial charge in [0.1, 0.15) is 4.90 Å². The van der Waals surface area contributed by atoms with E-state index in [9.17, 15) is 8.42 Å².